The topological polar surface area (TPSA) is 56.3 Å². The molecule has 1 heterocycles. The van der Waals surface area contributed by atoms with E-state index in [1.54, 1.807) is 13.3 Å². The molecule has 0 fully saturated rings. The minimum absolute atomic E-state index is 0.0142. The van der Waals surface area contributed by atoms with Crippen molar-refractivity contribution in [3.63, 3.8) is 0 Å². The summed E-state index contributed by atoms with van der Waals surface area (Å²) in [5, 5.41) is 4.31. The van der Waals surface area contributed by atoms with Crippen molar-refractivity contribution in [3.05, 3.63) is 11.9 Å². The fraction of sp³-hybridized carbons (Fsp3) is 0.727. The zero-order chi connectivity index (χ0) is 12.1. The van der Waals surface area contributed by atoms with Crippen LogP contribution in [0.15, 0.2) is 6.20 Å². The first-order valence-corrected chi connectivity index (χ1v) is 5.60. The highest BCUT2D eigenvalue weighted by Gasteiger charge is 2.17. The predicted molar refractivity (Wildman–Crippen MR) is 64.6 cm³/mol. The fourth-order valence-electron chi connectivity index (χ4n) is 1.58. The lowest BCUT2D eigenvalue weighted by Crippen LogP contribution is -2.23. The van der Waals surface area contributed by atoms with E-state index in [4.69, 9.17) is 10.5 Å². The molecule has 0 aliphatic heterocycles. The van der Waals surface area contributed by atoms with Crippen LogP contribution in [-0.2, 0) is 6.54 Å². The van der Waals surface area contributed by atoms with E-state index in [0.717, 1.165) is 31.0 Å². The first kappa shape index (κ1) is 13.0. The van der Waals surface area contributed by atoms with Gasteiger partial charge in [-0.25, -0.2) is 0 Å². The number of ether oxygens (including phenoxy) is 1. The number of likely N-dealkylation sites (N-methyl/N-ethyl adjacent to an activating group) is 1. The lowest BCUT2D eigenvalue weighted by atomic mass is 10.1. The molecule has 0 aliphatic rings. The van der Waals surface area contributed by atoms with Crippen molar-refractivity contribution in [1.29, 1.82) is 0 Å². The average Bonchev–Trinajstić information content (AvgIpc) is 2.68. The molecule has 2 N–H and O–H groups in total. The number of hydrogen-bond donors (Lipinski definition) is 1. The molecule has 5 nitrogen and oxygen atoms in total. The van der Waals surface area contributed by atoms with Crippen LogP contribution >= 0.6 is 0 Å². The molecule has 1 aromatic rings. The lowest BCUT2D eigenvalue weighted by molar-refractivity contribution is 0.360. The van der Waals surface area contributed by atoms with Gasteiger partial charge in [0.05, 0.1) is 31.6 Å². The Balaban J connectivity index is 2.86. The van der Waals surface area contributed by atoms with Gasteiger partial charge in [0, 0.05) is 6.54 Å². The maximum atomic E-state index is 6.07. The van der Waals surface area contributed by atoms with Gasteiger partial charge < -0.3 is 15.4 Å². The van der Waals surface area contributed by atoms with Gasteiger partial charge in [0.25, 0.3) is 0 Å². The monoisotopic (exact) mass is 226 g/mol. The summed E-state index contributed by atoms with van der Waals surface area (Å²) in [6.07, 6.45) is 2.62. The molecule has 0 spiro atoms. The Morgan fingerprint density at radius 1 is 1.56 bits per heavy atom. The highest BCUT2D eigenvalue weighted by atomic mass is 16.5. The van der Waals surface area contributed by atoms with E-state index in [-0.39, 0.29) is 6.04 Å². The molecule has 1 unspecified atom stereocenters. The second kappa shape index (κ2) is 5.86. The minimum atomic E-state index is -0.0142. The number of hydrogen-bond acceptors (Lipinski definition) is 4. The number of rotatable bonds is 6. The van der Waals surface area contributed by atoms with Gasteiger partial charge in [-0.1, -0.05) is 6.92 Å². The van der Waals surface area contributed by atoms with E-state index in [1.165, 1.54) is 0 Å². The van der Waals surface area contributed by atoms with Crippen molar-refractivity contribution >= 4 is 0 Å². The van der Waals surface area contributed by atoms with Crippen LogP contribution in [0.3, 0.4) is 0 Å². The van der Waals surface area contributed by atoms with Crippen molar-refractivity contribution in [2.24, 2.45) is 5.73 Å². The summed E-state index contributed by atoms with van der Waals surface area (Å²) in [4.78, 5) is 2.12. The number of nitrogens with two attached hydrogens (primary N) is 1. The Labute approximate surface area is 97.2 Å². The van der Waals surface area contributed by atoms with Gasteiger partial charge in [0.1, 0.15) is 0 Å². The zero-order valence-corrected chi connectivity index (χ0v) is 10.6. The van der Waals surface area contributed by atoms with E-state index in [2.05, 4.69) is 16.9 Å². The van der Waals surface area contributed by atoms with Gasteiger partial charge in [-0.2, -0.15) is 5.10 Å². The Morgan fingerprint density at radius 3 is 2.75 bits per heavy atom. The fourth-order valence-corrected chi connectivity index (χ4v) is 1.58. The van der Waals surface area contributed by atoms with Gasteiger partial charge in [-0.15, -0.1) is 0 Å². The van der Waals surface area contributed by atoms with Crippen molar-refractivity contribution in [2.45, 2.75) is 25.9 Å². The maximum absolute atomic E-state index is 6.07. The Hall–Kier alpha value is -1.07. The van der Waals surface area contributed by atoms with Gasteiger partial charge in [-0.3, -0.25) is 4.68 Å². The summed E-state index contributed by atoms with van der Waals surface area (Å²) in [6, 6.07) is -0.0142. The van der Waals surface area contributed by atoms with Crippen molar-refractivity contribution in [1.82, 2.24) is 14.7 Å². The number of methoxy groups -OCH3 is 1. The zero-order valence-electron chi connectivity index (χ0n) is 10.6. The third kappa shape index (κ3) is 2.96. The van der Waals surface area contributed by atoms with E-state index < -0.39 is 0 Å². The molecule has 0 radical (unpaired) electrons. The Kier molecular flexibility index (Phi) is 4.76. The van der Waals surface area contributed by atoms with Crippen LogP contribution in [0.25, 0.3) is 0 Å². The van der Waals surface area contributed by atoms with E-state index >= 15 is 0 Å². The third-order valence-corrected chi connectivity index (χ3v) is 2.61. The van der Waals surface area contributed by atoms with Crippen molar-refractivity contribution < 1.29 is 4.74 Å². The molecule has 16 heavy (non-hydrogen) atoms. The first-order valence-electron chi connectivity index (χ1n) is 5.60. The first-order chi connectivity index (χ1) is 7.60. The molecule has 0 aliphatic carbocycles. The summed E-state index contributed by atoms with van der Waals surface area (Å²) in [5.74, 6) is 0.785. The molecule has 0 saturated carbocycles. The smallest absolute Gasteiger partial charge is 0.161 e. The van der Waals surface area contributed by atoms with Crippen LogP contribution < -0.4 is 10.5 Å². The number of nitrogens with zero attached hydrogens (tertiary/aromatic N) is 3. The molecule has 0 saturated heterocycles. The summed E-state index contributed by atoms with van der Waals surface area (Å²) >= 11 is 0. The Morgan fingerprint density at radius 2 is 2.25 bits per heavy atom. The highest BCUT2D eigenvalue weighted by molar-refractivity contribution is 5.28. The molecule has 0 aromatic carbocycles. The largest absolute Gasteiger partial charge is 0.493 e. The van der Waals surface area contributed by atoms with E-state index in [1.807, 2.05) is 18.8 Å². The molecule has 1 rings (SSSR count). The summed E-state index contributed by atoms with van der Waals surface area (Å²) in [5.41, 5.74) is 7.06. The van der Waals surface area contributed by atoms with Crippen LogP contribution in [0, 0.1) is 0 Å². The number of aromatic nitrogens is 2. The average molecular weight is 226 g/mol. The summed E-state index contributed by atoms with van der Waals surface area (Å²) < 4.78 is 7.22. The molecular formula is C11H22N4O. The Bertz CT molecular complexity index is 322. The summed E-state index contributed by atoms with van der Waals surface area (Å²) in [6.45, 7) is 3.83. The van der Waals surface area contributed by atoms with Gasteiger partial charge >= 0.3 is 0 Å². The molecule has 0 bridgehead atoms. The molecule has 1 aromatic heterocycles. The predicted octanol–water partition coefficient (Wildman–Crippen LogP) is 0.863. The normalized spacial score (nSPS) is 13.1. The second-order valence-electron chi connectivity index (χ2n) is 4.14. The maximum Gasteiger partial charge on any atom is 0.161 e. The van der Waals surface area contributed by atoms with Gasteiger partial charge in [0.2, 0.25) is 0 Å². The van der Waals surface area contributed by atoms with Gasteiger partial charge in [-0.05, 0) is 20.5 Å². The third-order valence-electron chi connectivity index (χ3n) is 2.61. The summed E-state index contributed by atoms with van der Waals surface area (Å²) in [7, 11) is 5.74. The SMILES string of the molecule is CCC(N)c1c(OC)cnn1CCN(C)C. The second-order valence-corrected chi connectivity index (χ2v) is 4.14. The standard InChI is InChI=1S/C11H22N4O/c1-5-9(12)11-10(16-4)8-13-15(11)7-6-14(2)3/h8-9H,5-7,12H2,1-4H3. The molecular weight excluding hydrogens is 204 g/mol. The van der Waals surface area contributed by atoms with Crippen molar-refractivity contribution in [2.75, 3.05) is 27.7 Å². The van der Waals surface area contributed by atoms with Crippen molar-refractivity contribution in [3.8, 4) is 5.75 Å². The minimum Gasteiger partial charge on any atom is -0.493 e. The molecule has 5 heteroatoms. The van der Waals surface area contributed by atoms with Gasteiger partial charge in [0.15, 0.2) is 5.75 Å². The lowest BCUT2D eigenvalue weighted by Gasteiger charge is -2.16. The highest BCUT2D eigenvalue weighted by Crippen LogP contribution is 2.25. The van der Waals surface area contributed by atoms with E-state index in [0.29, 0.717) is 0 Å². The van der Waals surface area contributed by atoms with Crippen LogP contribution in [0.2, 0.25) is 0 Å². The molecule has 1 atom stereocenters. The molecule has 92 valence electrons. The van der Waals surface area contributed by atoms with Crippen LogP contribution in [-0.4, -0.2) is 42.4 Å². The van der Waals surface area contributed by atoms with Crippen LogP contribution in [0.5, 0.6) is 5.75 Å². The van der Waals surface area contributed by atoms with Crippen LogP contribution in [0.1, 0.15) is 25.1 Å². The van der Waals surface area contributed by atoms with Crippen LogP contribution in [0.4, 0.5) is 0 Å². The molecule has 0 amide bonds. The van der Waals surface area contributed by atoms with E-state index in [9.17, 15) is 0 Å². The quantitative estimate of drug-likeness (QED) is 0.781.